The van der Waals surface area contributed by atoms with Crippen molar-refractivity contribution < 1.29 is 19.0 Å². The van der Waals surface area contributed by atoms with Crippen molar-refractivity contribution in [2.24, 2.45) is 4.99 Å². The van der Waals surface area contributed by atoms with E-state index in [0.717, 1.165) is 0 Å². The number of hydrogen-bond acceptors (Lipinski definition) is 7. The van der Waals surface area contributed by atoms with Crippen LogP contribution in [0.2, 0.25) is 10.0 Å². The Bertz CT molecular complexity index is 1540. The van der Waals surface area contributed by atoms with Gasteiger partial charge in [0.2, 0.25) is 6.79 Å². The molecule has 1 aromatic heterocycles. The molecular weight excluding hydrogens is 499 g/mol. The van der Waals surface area contributed by atoms with E-state index in [1.54, 1.807) is 50.3 Å². The molecule has 7 nitrogen and oxygen atoms in total. The molecule has 34 heavy (non-hydrogen) atoms. The zero-order valence-electron chi connectivity index (χ0n) is 18.1. The molecule has 2 aromatic carbocycles. The standard InChI is InChI=1S/C24H18Cl2N2O5S/c1-3-31-23(30)20-12(2)27-24-28(21(20)14-5-7-17-18(8-14)33-11-32-17)22(29)19(34-24)9-13-4-6-15(25)10-16(13)26/h4-10,21H,3,11H2,1-2H3. The van der Waals surface area contributed by atoms with Crippen LogP contribution in [0, 0.1) is 0 Å². The van der Waals surface area contributed by atoms with Gasteiger partial charge in [-0.1, -0.05) is 46.7 Å². The number of carbonyl (C=O) groups is 1. The number of ether oxygens (including phenoxy) is 3. The number of thiazole rings is 1. The van der Waals surface area contributed by atoms with Crippen molar-refractivity contribution in [3.05, 3.63) is 88.5 Å². The SMILES string of the molecule is CCOC(=O)C1=C(C)N=c2sc(=Cc3ccc(Cl)cc3Cl)c(=O)n2C1c1ccc2c(c1)OCO2. The first-order chi connectivity index (χ1) is 16.4. The van der Waals surface area contributed by atoms with Crippen LogP contribution in [0.1, 0.15) is 31.0 Å². The van der Waals surface area contributed by atoms with E-state index in [1.807, 2.05) is 6.07 Å². The average molecular weight is 517 g/mol. The van der Waals surface area contributed by atoms with Crippen molar-refractivity contribution in [2.45, 2.75) is 19.9 Å². The number of benzene rings is 2. The van der Waals surface area contributed by atoms with Crippen molar-refractivity contribution in [3.63, 3.8) is 0 Å². The fourth-order valence-corrected chi connectivity index (χ4v) is 5.45. The van der Waals surface area contributed by atoms with Crippen molar-refractivity contribution in [1.29, 1.82) is 0 Å². The zero-order chi connectivity index (χ0) is 24.0. The van der Waals surface area contributed by atoms with E-state index < -0.39 is 12.0 Å². The summed E-state index contributed by atoms with van der Waals surface area (Å²) in [7, 11) is 0. The lowest BCUT2D eigenvalue weighted by atomic mass is 9.95. The summed E-state index contributed by atoms with van der Waals surface area (Å²) in [6.45, 7) is 3.78. The third-order valence-electron chi connectivity index (χ3n) is 5.48. The Hall–Kier alpha value is -3.07. The Morgan fingerprint density at radius 1 is 1.24 bits per heavy atom. The summed E-state index contributed by atoms with van der Waals surface area (Å²) in [5.41, 5.74) is 1.81. The minimum absolute atomic E-state index is 0.114. The van der Waals surface area contributed by atoms with Crippen LogP contribution in [-0.4, -0.2) is 23.9 Å². The number of halogens is 2. The van der Waals surface area contributed by atoms with E-state index in [-0.39, 0.29) is 19.0 Å². The first-order valence-corrected chi connectivity index (χ1v) is 12.0. The van der Waals surface area contributed by atoms with Gasteiger partial charge >= 0.3 is 5.97 Å². The quantitative estimate of drug-likeness (QED) is 0.492. The molecule has 0 spiro atoms. The molecule has 0 aliphatic carbocycles. The highest BCUT2D eigenvalue weighted by molar-refractivity contribution is 7.07. The summed E-state index contributed by atoms with van der Waals surface area (Å²) in [5, 5.41) is 0.926. The predicted octanol–water partition coefficient (Wildman–Crippen LogP) is 3.83. The summed E-state index contributed by atoms with van der Waals surface area (Å²) in [5.74, 6) is 0.624. The van der Waals surface area contributed by atoms with Gasteiger partial charge in [0.25, 0.3) is 5.56 Å². The number of nitrogens with zero attached hydrogens (tertiary/aromatic N) is 2. The smallest absolute Gasteiger partial charge is 0.338 e. The summed E-state index contributed by atoms with van der Waals surface area (Å²) in [6, 6.07) is 9.67. The molecule has 0 saturated heterocycles. The molecule has 3 heterocycles. The van der Waals surface area contributed by atoms with Gasteiger partial charge in [-0.3, -0.25) is 9.36 Å². The molecule has 0 fully saturated rings. The molecule has 2 aliphatic heterocycles. The van der Waals surface area contributed by atoms with E-state index in [0.29, 0.717) is 53.3 Å². The van der Waals surface area contributed by atoms with E-state index in [2.05, 4.69) is 4.99 Å². The Morgan fingerprint density at radius 3 is 2.79 bits per heavy atom. The summed E-state index contributed by atoms with van der Waals surface area (Å²) >= 11 is 13.5. The monoisotopic (exact) mass is 516 g/mol. The van der Waals surface area contributed by atoms with Crippen LogP contribution in [0.5, 0.6) is 11.5 Å². The third-order valence-corrected chi connectivity index (χ3v) is 7.02. The Balaban J connectivity index is 1.73. The molecule has 1 atom stereocenters. The van der Waals surface area contributed by atoms with Gasteiger partial charge in [-0.25, -0.2) is 9.79 Å². The van der Waals surface area contributed by atoms with Gasteiger partial charge in [0, 0.05) is 10.0 Å². The highest BCUT2D eigenvalue weighted by Gasteiger charge is 2.34. The summed E-state index contributed by atoms with van der Waals surface area (Å²) in [4.78, 5) is 31.6. The van der Waals surface area contributed by atoms with Crippen LogP contribution in [0.25, 0.3) is 6.08 Å². The minimum atomic E-state index is -0.743. The first-order valence-electron chi connectivity index (χ1n) is 10.4. The molecule has 5 rings (SSSR count). The van der Waals surface area contributed by atoms with Gasteiger partial charge in [0.15, 0.2) is 16.3 Å². The van der Waals surface area contributed by atoms with Crippen molar-refractivity contribution in [1.82, 2.24) is 4.57 Å². The summed E-state index contributed by atoms with van der Waals surface area (Å²) in [6.07, 6.45) is 1.70. The van der Waals surface area contributed by atoms with Crippen LogP contribution in [-0.2, 0) is 9.53 Å². The first kappa shape index (κ1) is 22.7. The topological polar surface area (TPSA) is 79.1 Å². The minimum Gasteiger partial charge on any atom is -0.463 e. The van der Waals surface area contributed by atoms with Gasteiger partial charge < -0.3 is 14.2 Å². The second-order valence-electron chi connectivity index (χ2n) is 7.58. The lowest BCUT2D eigenvalue weighted by Crippen LogP contribution is -2.39. The molecule has 1 unspecified atom stereocenters. The maximum absolute atomic E-state index is 13.6. The van der Waals surface area contributed by atoms with Crippen molar-refractivity contribution in [3.8, 4) is 11.5 Å². The van der Waals surface area contributed by atoms with Gasteiger partial charge in [0.05, 0.1) is 28.5 Å². The van der Waals surface area contributed by atoms with E-state index >= 15 is 0 Å². The number of hydrogen-bond donors (Lipinski definition) is 0. The third kappa shape index (κ3) is 3.91. The Morgan fingerprint density at radius 2 is 2.03 bits per heavy atom. The lowest BCUT2D eigenvalue weighted by molar-refractivity contribution is -0.139. The highest BCUT2D eigenvalue weighted by Crippen LogP contribution is 2.38. The molecule has 0 bridgehead atoms. The van der Waals surface area contributed by atoms with Crippen molar-refractivity contribution >= 4 is 46.6 Å². The largest absolute Gasteiger partial charge is 0.463 e. The number of fused-ring (bicyclic) bond motifs is 2. The van der Waals surface area contributed by atoms with Crippen LogP contribution >= 0.6 is 34.5 Å². The number of carbonyl (C=O) groups excluding carboxylic acids is 1. The van der Waals surface area contributed by atoms with Gasteiger partial charge in [-0.15, -0.1) is 0 Å². The Kier molecular flexibility index (Phi) is 5.97. The van der Waals surface area contributed by atoms with Gasteiger partial charge in [-0.2, -0.15) is 0 Å². The Labute approximate surface area is 208 Å². The number of esters is 1. The second-order valence-corrected chi connectivity index (χ2v) is 9.43. The molecule has 2 aliphatic rings. The predicted molar refractivity (Wildman–Crippen MR) is 129 cm³/mol. The normalized spacial score (nSPS) is 16.9. The second kappa shape index (κ2) is 8.94. The van der Waals surface area contributed by atoms with E-state index in [9.17, 15) is 9.59 Å². The molecular formula is C24H18Cl2N2O5S. The number of aromatic nitrogens is 1. The summed E-state index contributed by atoms with van der Waals surface area (Å²) < 4.78 is 18.2. The maximum Gasteiger partial charge on any atom is 0.338 e. The maximum atomic E-state index is 13.6. The molecule has 0 N–H and O–H groups in total. The molecule has 174 valence electrons. The van der Waals surface area contributed by atoms with E-state index in [4.69, 9.17) is 37.4 Å². The molecule has 3 aromatic rings. The average Bonchev–Trinajstić information content (AvgIpc) is 3.38. The molecule has 0 radical (unpaired) electrons. The zero-order valence-corrected chi connectivity index (χ0v) is 20.5. The van der Waals surface area contributed by atoms with Crippen molar-refractivity contribution in [2.75, 3.05) is 13.4 Å². The molecule has 0 amide bonds. The fraction of sp³-hybridized carbons (Fsp3) is 0.208. The van der Waals surface area contributed by atoms with E-state index in [1.165, 1.54) is 15.9 Å². The van der Waals surface area contributed by atoms with Crippen LogP contribution < -0.4 is 24.4 Å². The lowest BCUT2D eigenvalue weighted by Gasteiger charge is -2.24. The van der Waals surface area contributed by atoms with Crippen LogP contribution in [0.15, 0.2) is 57.5 Å². The van der Waals surface area contributed by atoms with Gasteiger partial charge in [0.1, 0.15) is 0 Å². The fourth-order valence-electron chi connectivity index (χ4n) is 3.95. The molecule has 10 heteroatoms. The van der Waals surface area contributed by atoms with Crippen LogP contribution in [0.3, 0.4) is 0 Å². The van der Waals surface area contributed by atoms with Crippen LogP contribution in [0.4, 0.5) is 0 Å². The van der Waals surface area contributed by atoms with Gasteiger partial charge in [-0.05, 0) is 55.3 Å². The highest BCUT2D eigenvalue weighted by atomic mass is 35.5. The number of allylic oxidation sites excluding steroid dienone is 1. The molecule has 0 saturated carbocycles. The number of rotatable bonds is 4.